The summed E-state index contributed by atoms with van der Waals surface area (Å²) in [6.07, 6.45) is 3.34. The fourth-order valence-corrected chi connectivity index (χ4v) is 4.71. The normalized spacial score (nSPS) is 14.5. The molecule has 0 unspecified atom stereocenters. The molecule has 2 aromatic carbocycles. The van der Waals surface area contributed by atoms with Crippen LogP contribution in [0.3, 0.4) is 0 Å². The number of ether oxygens (including phenoxy) is 1. The van der Waals surface area contributed by atoms with Crippen LogP contribution in [-0.2, 0) is 17.6 Å². The smallest absolute Gasteiger partial charge is 0.324 e. The first-order valence-corrected chi connectivity index (χ1v) is 13.1. The van der Waals surface area contributed by atoms with Gasteiger partial charge in [-0.05, 0) is 73.4 Å². The van der Waals surface area contributed by atoms with Gasteiger partial charge in [0.1, 0.15) is 17.5 Å². The number of morpholine rings is 1. The number of fused-ring (bicyclic) bond motifs is 6. The molecule has 39 heavy (non-hydrogen) atoms. The number of carbonyl (C=O) groups is 1. The molecule has 0 atom stereocenters. The number of rotatable bonds is 3. The molecule has 6 rings (SSSR count). The van der Waals surface area contributed by atoms with Crippen molar-refractivity contribution in [2.45, 2.75) is 19.8 Å². The van der Waals surface area contributed by atoms with E-state index < -0.39 is 0 Å². The Morgan fingerprint density at radius 1 is 0.923 bits per heavy atom. The monoisotopic (exact) mass is 522 g/mol. The molecule has 198 valence electrons. The van der Waals surface area contributed by atoms with Crippen LogP contribution < -0.4 is 26.2 Å². The average Bonchev–Trinajstić information content (AvgIpc) is 2.96. The minimum atomic E-state index is -0.344. The third-order valence-electron chi connectivity index (χ3n) is 6.77. The Kier molecular flexibility index (Phi) is 6.92. The van der Waals surface area contributed by atoms with Crippen molar-refractivity contribution in [1.82, 2.24) is 15.0 Å². The molecule has 0 spiro atoms. The second-order valence-corrected chi connectivity index (χ2v) is 9.61. The summed E-state index contributed by atoms with van der Waals surface area (Å²) in [4.78, 5) is 28.9. The Bertz CT molecular complexity index is 1500. The molecule has 4 heterocycles. The van der Waals surface area contributed by atoms with Gasteiger partial charge in [-0.3, -0.25) is 5.32 Å². The molecule has 2 amide bonds. The van der Waals surface area contributed by atoms with Crippen molar-refractivity contribution in [3.05, 3.63) is 83.6 Å². The van der Waals surface area contributed by atoms with Crippen molar-refractivity contribution < 1.29 is 9.53 Å². The van der Waals surface area contributed by atoms with Crippen LogP contribution in [0.2, 0.25) is 0 Å². The minimum Gasteiger partial charge on any atom is -0.378 e. The number of pyridine rings is 1. The van der Waals surface area contributed by atoms with Crippen LogP contribution in [0.25, 0.3) is 0 Å². The number of hydrogen-bond donors (Lipinski definition) is 4. The van der Waals surface area contributed by atoms with Crippen molar-refractivity contribution in [2.24, 2.45) is 0 Å². The summed E-state index contributed by atoms with van der Waals surface area (Å²) in [5, 5.41) is 12.6. The molecule has 0 saturated carbocycles. The molecule has 2 aliphatic rings. The molecule has 0 aliphatic carbocycles. The van der Waals surface area contributed by atoms with Gasteiger partial charge in [0.2, 0.25) is 5.95 Å². The van der Waals surface area contributed by atoms with Gasteiger partial charge in [0.15, 0.2) is 0 Å². The van der Waals surface area contributed by atoms with Gasteiger partial charge in [0.25, 0.3) is 0 Å². The van der Waals surface area contributed by atoms with E-state index in [1.807, 2.05) is 43.3 Å². The highest BCUT2D eigenvalue weighted by atomic mass is 16.5. The molecule has 10 nitrogen and oxygen atoms in total. The highest BCUT2D eigenvalue weighted by Gasteiger charge is 2.15. The first kappa shape index (κ1) is 24.6. The molecule has 10 heteroatoms. The number of nitrogens with zero attached hydrogens (tertiary/aromatic N) is 4. The Morgan fingerprint density at radius 2 is 1.77 bits per heavy atom. The molecule has 1 fully saturated rings. The maximum absolute atomic E-state index is 13.0. The maximum Gasteiger partial charge on any atom is 0.324 e. The lowest BCUT2D eigenvalue weighted by Crippen LogP contribution is -2.36. The summed E-state index contributed by atoms with van der Waals surface area (Å²) < 4.78 is 5.43. The number of nitrogens with one attached hydrogen (secondary N) is 4. The number of anilines is 7. The lowest BCUT2D eigenvalue weighted by atomic mass is 10.0. The predicted molar refractivity (Wildman–Crippen MR) is 154 cm³/mol. The van der Waals surface area contributed by atoms with Gasteiger partial charge < -0.3 is 25.6 Å². The summed E-state index contributed by atoms with van der Waals surface area (Å²) in [6.45, 7) is 4.87. The molecule has 4 N–H and O–H groups in total. The lowest BCUT2D eigenvalue weighted by Gasteiger charge is -2.28. The number of hydrogen-bond acceptors (Lipinski definition) is 8. The van der Waals surface area contributed by atoms with E-state index in [1.54, 1.807) is 12.3 Å². The zero-order valence-electron chi connectivity index (χ0n) is 21.7. The predicted octanol–water partition coefficient (Wildman–Crippen LogP) is 5.25. The van der Waals surface area contributed by atoms with Gasteiger partial charge in [-0.1, -0.05) is 18.2 Å². The number of aryl methyl sites for hydroxylation is 3. The van der Waals surface area contributed by atoms with Crippen LogP contribution >= 0.6 is 0 Å². The van der Waals surface area contributed by atoms with Crippen LogP contribution in [0.4, 0.5) is 45.3 Å². The second-order valence-electron chi connectivity index (χ2n) is 9.61. The van der Waals surface area contributed by atoms with E-state index in [4.69, 9.17) is 4.74 Å². The molecule has 0 radical (unpaired) electrons. The molecule has 1 saturated heterocycles. The molecule has 4 aromatic rings. The number of aromatic nitrogens is 3. The van der Waals surface area contributed by atoms with Crippen LogP contribution in [-0.4, -0.2) is 47.3 Å². The fraction of sp³-hybridized carbons (Fsp3) is 0.241. The van der Waals surface area contributed by atoms with Crippen molar-refractivity contribution in [2.75, 3.05) is 52.5 Å². The molecule has 2 aliphatic heterocycles. The van der Waals surface area contributed by atoms with Gasteiger partial charge in [-0.25, -0.2) is 14.8 Å². The first-order valence-electron chi connectivity index (χ1n) is 13.1. The van der Waals surface area contributed by atoms with Gasteiger partial charge in [-0.15, -0.1) is 0 Å². The topological polar surface area (TPSA) is 116 Å². The molecule has 2 aromatic heterocycles. The van der Waals surface area contributed by atoms with Crippen LogP contribution in [0, 0.1) is 6.92 Å². The maximum atomic E-state index is 13.0. The zero-order chi connectivity index (χ0) is 26.6. The number of benzene rings is 2. The lowest BCUT2D eigenvalue weighted by molar-refractivity contribution is 0.122. The Labute approximate surface area is 226 Å². The Morgan fingerprint density at radius 3 is 2.67 bits per heavy atom. The number of urea groups is 1. The Balaban J connectivity index is 1.24. The molecule has 6 bridgehead atoms. The number of amides is 2. The van der Waals surface area contributed by atoms with E-state index in [0.29, 0.717) is 25.0 Å². The van der Waals surface area contributed by atoms with Crippen LogP contribution in [0.15, 0.2) is 66.9 Å². The molecular formula is C29H30N8O2. The Hall–Kier alpha value is -4.70. The van der Waals surface area contributed by atoms with Gasteiger partial charge in [0, 0.05) is 41.9 Å². The summed E-state index contributed by atoms with van der Waals surface area (Å²) in [6, 6.07) is 19.4. The summed E-state index contributed by atoms with van der Waals surface area (Å²) in [7, 11) is 0. The minimum absolute atomic E-state index is 0.344. The van der Waals surface area contributed by atoms with Crippen molar-refractivity contribution in [3.8, 4) is 0 Å². The number of carbonyl (C=O) groups excluding carboxylic acids is 1. The van der Waals surface area contributed by atoms with Crippen molar-refractivity contribution >= 4 is 46.5 Å². The third-order valence-corrected chi connectivity index (χ3v) is 6.77. The van der Waals surface area contributed by atoms with E-state index in [2.05, 4.69) is 59.3 Å². The van der Waals surface area contributed by atoms with Crippen LogP contribution in [0.1, 0.15) is 16.7 Å². The molecular weight excluding hydrogens is 492 g/mol. The van der Waals surface area contributed by atoms with Crippen molar-refractivity contribution in [1.29, 1.82) is 0 Å². The fourth-order valence-electron chi connectivity index (χ4n) is 4.71. The van der Waals surface area contributed by atoms with E-state index >= 15 is 0 Å². The summed E-state index contributed by atoms with van der Waals surface area (Å²) in [5.74, 6) is 2.57. The largest absolute Gasteiger partial charge is 0.378 e. The summed E-state index contributed by atoms with van der Waals surface area (Å²) >= 11 is 0. The third kappa shape index (κ3) is 5.91. The second kappa shape index (κ2) is 11.0. The standard InChI is InChI=1S/C29H30N8O2/c1-19-18-30-28-32-22-5-2-4-20(16-22)8-9-21-17-23(31-27(19)36-28)10-11-24(21)33-29(38)35-25-6-3-7-26(34-25)37-12-14-39-15-13-37/h2-7,10-11,16-18H,8-9,12-15H2,1H3,(H2,30,31,32,36)(H2,33,34,35,38). The van der Waals surface area contributed by atoms with Crippen molar-refractivity contribution in [3.63, 3.8) is 0 Å². The SMILES string of the molecule is Cc1cnc2nc1Nc1ccc(NC(=O)Nc3cccc(N4CCOCC4)n3)c(c1)CCc1cccc(c1)N2. The van der Waals surface area contributed by atoms with E-state index in [0.717, 1.165) is 65.8 Å². The van der Waals surface area contributed by atoms with Gasteiger partial charge in [0.05, 0.1) is 13.2 Å². The van der Waals surface area contributed by atoms with Crippen LogP contribution in [0.5, 0.6) is 0 Å². The highest BCUT2D eigenvalue weighted by molar-refractivity contribution is 6.00. The first-order chi connectivity index (χ1) is 19.1. The van der Waals surface area contributed by atoms with Gasteiger partial charge >= 0.3 is 6.03 Å². The quantitative estimate of drug-likeness (QED) is 0.288. The van der Waals surface area contributed by atoms with Gasteiger partial charge in [-0.2, -0.15) is 4.98 Å². The van der Waals surface area contributed by atoms with E-state index in [-0.39, 0.29) is 6.03 Å². The average molecular weight is 523 g/mol. The highest BCUT2D eigenvalue weighted by Crippen LogP contribution is 2.28. The summed E-state index contributed by atoms with van der Waals surface area (Å²) in [5.41, 5.74) is 5.66. The van der Waals surface area contributed by atoms with E-state index in [9.17, 15) is 4.79 Å². The van der Waals surface area contributed by atoms with E-state index in [1.165, 1.54) is 5.56 Å². The zero-order valence-corrected chi connectivity index (χ0v) is 21.7.